The van der Waals surface area contributed by atoms with Gasteiger partial charge in [0.05, 0.1) is 17.1 Å². The van der Waals surface area contributed by atoms with Gasteiger partial charge >= 0.3 is 16.5 Å². The predicted octanol–water partition coefficient (Wildman–Crippen LogP) is 18.0. The number of aryl methyl sites for hydroxylation is 2. The van der Waals surface area contributed by atoms with Crippen molar-refractivity contribution in [2.75, 3.05) is 0 Å². The van der Waals surface area contributed by atoms with Gasteiger partial charge in [0, 0.05) is 30.2 Å². The monoisotopic (exact) mass is 955 g/mol. The smallest absolute Gasteiger partial charge is 0.873 e. The molecule has 0 aliphatic carbocycles. The fourth-order valence-electron chi connectivity index (χ4n) is 8.07. The van der Waals surface area contributed by atoms with Crippen LogP contribution in [-0.4, -0.2) is 11.9 Å². The van der Waals surface area contributed by atoms with Gasteiger partial charge in [0.25, 0.3) is 0 Å². The first-order valence-electron chi connectivity index (χ1n) is 27.2. The average molecular weight is 956 g/mol. The maximum atomic E-state index is 11.7. The van der Waals surface area contributed by atoms with E-state index in [9.17, 15) is 10.2 Å². The van der Waals surface area contributed by atoms with E-state index in [0.29, 0.717) is 0 Å². The molecule has 0 spiro atoms. The Kier molecular flexibility index (Phi) is 39.7. The van der Waals surface area contributed by atoms with Crippen molar-refractivity contribution >= 4 is 23.3 Å². The van der Waals surface area contributed by atoms with E-state index in [0.717, 1.165) is 110 Å². The second kappa shape index (κ2) is 43.5. The van der Waals surface area contributed by atoms with Gasteiger partial charge in [-0.3, -0.25) is 9.98 Å². The Morgan fingerprint density at radius 2 is 0.910 bits per heavy atom. The van der Waals surface area contributed by atoms with Gasteiger partial charge in [-0.05, 0) is 93.3 Å². The molecule has 0 amide bonds. The summed E-state index contributed by atoms with van der Waals surface area (Å²) in [7, 11) is 0. The maximum Gasteiger partial charge on any atom is 2.00 e. The molecule has 4 nitrogen and oxygen atoms in total. The Balaban J connectivity index is 0.000000987. The standard InChI is InChI=1S/C46H68N2.C16H26O2.Ni/c1-4-7-10-12-14-16-18-20-22-24-26-28-32-42-34-30-37-44(39-42)47-41-46(36-9-6-3)48-45-38-31-35-43(40-45)33-29-27-25-23-21-19-17-15-13-11-8-5-2;1-3-5-7-9-13-11-14(10-8-6-4-2)16(18)15(17)12-13;/h30-31,34-35,37-41H,4-27,36H2,1-3H3;11-12,17-18H,3-10H2,1-2H3;/q;;+2/p-2. The molecule has 0 saturated carbocycles. The summed E-state index contributed by atoms with van der Waals surface area (Å²) in [5.74, 6) is 12.9. The predicted molar refractivity (Wildman–Crippen MR) is 286 cm³/mol. The van der Waals surface area contributed by atoms with Gasteiger partial charge in [-0.15, -0.1) is 11.5 Å². The van der Waals surface area contributed by atoms with Gasteiger partial charge in [-0.2, -0.15) is 0 Å². The third kappa shape index (κ3) is 32.6. The average Bonchev–Trinajstić information content (AvgIpc) is 3.32. The molecule has 3 aromatic carbocycles. The molecule has 0 fully saturated rings. The van der Waals surface area contributed by atoms with Gasteiger partial charge in [0.15, 0.2) is 0 Å². The molecule has 0 bridgehead atoms. The molecule has 0 radical (unpaired) electrons. The van der Waals surface area contributed by atoms with Crippen LogP contribution in [0.1, 0.15) is 256 Å². The summed E-state index contributed by atoms with van der Waals surface area (Å²) in [5.41, 5.74) is 6.72. The van der Waals surface area contributed by atoms with Crippen molar-refractivity contribution < 1.29 is 26.7 Å². The first-order valence-corrected chi connectivity index (χ1v) is 27.2. The number of hydrogen-bond acceptors (Lipinski definition) is 4. The van der Waals surface area contributed by atoms with E-state index in [-0.39, 0.29) is 28.0 Å². The summed E-state index contributed by atoms with van der Waals surface area (Å²) >= 11 is 0. The van der Waals surface area contributed by atoms with Crippen LogP contribution in [0.3, 0.4) is 0 Å². The molecule has 372 valence electrons. The Bertz CT molecular complexity index is 1860. The maximum absolute atomic E-state index is 11.7. The minimum absolute atomic E-state index is 0. The Morgan fingerprint density at radius 3 is 1.42 bits per heavy atom. The van der Waals surface area contributed by atoms with Crippen molar-refractivity contribution in [2.45, 2.75) is 247 Å². The van der Waals surface area contributed by atoms with Crippen LogP contribution >= 0.6 is 0 Å². The zero-order valence-corrected chi connectivity index (χ0v) is 44.2. The molecule has 0 aliphatic rings. The van der Waals surface area contributed by atoms with E-state index < -0.39 is 0 Å². The van der Waals surface area contributed by atoms with Crippen LogP contribution in [-0.2, 0) is 29.3 Å². The number of unbranched alkanes of at least 4 members (excludes halogenated alkanes) is 25. The zero-order valence-electron chi connectivity index (χ0n) is 43.2. The SMILES string of the molecule is CCCCCCCCCCCCC#Cc1cccc(N=CC(CCCC)=Nc2cccc(C#CCCCCCCCCCCCC)c2)c1.CCCCCc1cc([O-])c([O-])c(CCCCC)c1.[Ni+2]. The van der Waals surface area contributed by atoms with E-state index in [1.165, 1.54) is 147 Å². The van der Waals surface area contributed by atoms with E-state index in [2.05, 4.69) is 101 Å². The second-order valence-corrected chi connectivity index (χ2v) is 18.5. The molecule has 3 aromatic rings. The fourth-order valence-corrected chi connectivity index (χ4v) is 8.07. The van der Waals surface area contributed by atoms with Crippen LogP contribution in [0.15, 0.2) is 70.6 Å². The van der Waals surface area contributed by atoms with E-state index >= 15 is 0 Å². The number of benzene rings is 3. The molecule has 0 heterocycles. The van der Waals surface area contributed by atoms with Crippen LogP contribution in [0.25, 0.3) is 0 Å². The molecule has 3 rings (SSSR count). The number of hydrogen-bond donors (Lipinski definition) is 0. The number of aliphatic imine (C=N–C) groups is 2. The fraction of sp³-hybridized carbons (Fsp3) is 0.613. The first kappa shape index (κ1) is 61.2. The van der Waals surface area contributed by atoms with Crippen molar-refractivity contribution in [1.82, 2.24) is 0 Å². The summed E-state index contributed by atoms with van der Waals surface area (Å²) in [6.45, 7) is 11.1. The molecule has 5 heteroatoms. The molecule has 0 saturated heterocycles. The Morgan fingerprint density at radius 1 is 0.478 bits per heavy atom. The Hall–Kier alpha value is -3.79. The third-order valence-electron chi connectivity index (χ3n) is 12.2. The third-order valence-corrected chi connectivity index (χ3v) is 12.2. The van der Waals surface area contributed by atoms with Crippen LogP contribution in [0.2, 0.25) is 0 Å². The summed E-state index contributed by atoms with van der Waals surface area (Å²) < 4.78 is 0. The molecule has 0 atom stereocenters. The molecule has 0 aromatic heterocycles. The number of nitrogens with zero attached hydrogens (tertiary/aromatic N) is 2. The molecule has 0 N–H and O–H groups in total. The van der Waals surface area contributed by atoms with E-state index in [4.69, 9.17) is 9.98 Å². The zero-order chi connectivity index (χ0) is 47.6. The van der Waals surface area contributed by atoms with Gasteiger partial charge in [-0.25, -0.2) is 0 Å². The van der Waals surface area contributed by atoms with Crippen LogP contribution in [0.4, 0.5) is 11.4 Å². The molecule has 0 unspecified atom stereocenters. The van der Waals surface area contributed by atoms with Crippen molar-refractivity contribution in [3.05, 3.63) is 82.9 Å². The van der Waals surface area contributed by atoms with Crippen LogP contribution in [0, 0.1) is 23.7 Å². The first-order chi connectivity index (χ1) is 32.4. The summed E-state index contributed by atoms with van der Waals surface area (Å²) in [6, 6.07) is 20.1. The molecular formula is C62H92N2NiO2. The normalized spacial score (nSPS) is 11.0. The van der Waals surface area contributed by atoms with E-state index in [1.54, 1.807) is 0 Å². The minimum Gasteiger partial charge on any atom is -0.873 e. The van der Waals surface area contributed by atoms with Crippen LogP contribution < -0.4 is 10.2 Å². The molecule has 0 aliphatic heterocycles. The van der Waals surface area contributed by atoms with Crippen molar-refractivity contribution in [1.29, 1.82) is 0 Å². The minimum atomic E-state index is -0.324. The molecule has 67 heavy (non-hydrogen) atoms. The molecular weight excluding hydrogens is 863 g/mol. The van der Waals surface area contributed by atoms with Crippen LogP contribution in [0.5, 0.6) is 11.5 Å². The van der Waals surface area contributed by atoms with Crippen molar-refractivity contribution in [2.24, 2.45) is 9.98 Å². The Labute approximate surface area is 422 Å². The number of rotatable bonds is 34. The van der Waals surface area contributed by atoms with Crippen molar-refractivity contribution in [3.8, 4) is 35.2 Å². The summed E-state index contributed by atoms with van der Waals surface area (Å²) in [4.78, 5) is 9.80. The van der Waals surface area contributed by atoms with Gasteiger partial charge in [-0.1, -0.05) is 236 Å². The largest absolute Gasteiger partial charge is 2.00 e. The summed E-state index contributed by atoms with van der Waals surface area (Å²) in [6.07, 6.45) is 42.6. The van der Waals surface area contributed by atoms with Gasteiger partial charge in [0.1, 0.15) is 0 Å². The quantitative estimate of drug-likeness (QED) is 0.0259. The second-order valence-electron chi connectivity index (χ2n) is 18.5. The van der Waals surface area contributed by atoms with Crippen molar-refractivity contribution in [3.63, 3.8) is 0 Å². The summed E-state index contributed by atoms with van der Waals surface area (Å²) in [5, 5.41) is 23.3. The van der Waals surface area contributed by atoms with E-state index in [1.807, 2.05) is 18.3 Å². The van der Waals surface area contributed by atoms with Gasteiger partial charge in [0.2, 0.25) is 0 Å². The van der Waals surface area contributed by atoms with Gasteiger partial charge < -0.3 is 10.2 Å². The topological polar surface area (TPSA) is 70.8 Å².